The van der Waals surface area contributed by atoms with Crippen LogP contribution in [0.3, 0.4) is 0 Å². The second kappa shape index (κ2) is 14.6. The predicted molar refractivity (Wildman–Crippen MR) is 119 cm³/mol. The van der Waals surface area contributed by atoms with Gasteiger partial charge in [-0.25, -0.2) is 4.98 Å². The minimum atomic E-state index is 0. The first-order chi connectivity index (χ1) is 12.3. The lowest BCUT2D eigenvalue weighted by molar-refractivity contribution is 0.0698. The molecule has 0 bridgehead atoms. The van der Waals surface area contributed by atoms with Crippen molar-refractivity contribution >= 4 is 41.3 Å². The number of nitrogens with zero attached hydrogens (tertiary/aromatic N) is 2. The van der Waals surface area contributed by atoms with Crippen LogP contribution in [0, 0.1) is 0 Å². The van der Waals surface area contributed by atoms with E-state index in [4.69, 9.17) is 14.5 Å². The van der Waals surface area contributed by atoms with Gasteiger partial charge in [0.15, 0.2) is 5.96 Å². The van der Waals surface area contributed by atoms with E-state index in [1.807, 2.05) is 11.3 Å². The van der Waals surface area contributed by atoms with Crippen LogP contribution in [0.25, 0.3) is 0 Å². The van der Waals surface area contributed by atoms with Gasteiger partial charge >= 0.3 is 0 Å². The molecule has 1 heterocycles. The fraction of sp³-hybridized carbons (Fsp3) is 0.778. The van der Waals surface area contributed by atoms with Crippen LogP contribution in [0.5, 0.6) is 0 Å². The van der Waals surface area contributed by atoms with E-state index in [0.717, 1.165) is 44.9 Å². The zero-order chi connectivity index (χ0) is 17.7. The van der Waals surface area contributed by atoms with Crippen molar-refractivity contribution in [3.63, 3.8) is 0 Å². The number of rotatable bonds is 11. The molecule has 8 heteroatoms. The van der Waals surface area contributed by atoms with E-state index >= 15 is 0 Å². The molecule has 1 aromatic heterocycles. The van der Waals surface area contributed by atoms with Gasteiger partial charge in [0, 0.05) is 45.2 Å². The number of halogens is 1. The third-order valence-corrected chi connectivity index (χ3v) is 5.38. The number of nitrogens with one attached hydrogen (secondary N) is 2. The van der Waals surface area contributed by atoms with Gasteiger partial charge in [0.2, 0.25) is 0 Å². The minimum Gasteiger partial charge on any atom is -0.382 e. The zero-order valence-corrected chi connectivity index (χ0v) is 19.2. The summed E-state index contributed by atoms with van der Waals surface area (Å²) in [5.74, 6) is 0.857. The van der Waals surface area contributed by atoms with Crippen molar-refractivity contribution in [2.45, 2.75) is 44.9 Å². The number of fused-ring (bicyclic) bond motifs is 1. The highest BCUT2D eigenvalue weighted by Crippen LogP contribution is 2.27. The van der Waals surface area contributed by atoms with E-state index in [2.05, 4.69) is 15.6 Å². The molecule has 2 rings (SSSR count). The molecule has 0 unspecified atom stereocenters. The van der Waals surface area contributed by atoms with Crippen LogP contribution >= 0.6 is 35.3 Å². The van der Waals surface area contributed by atoms with E-state index in [9.17, 15) is 0 Å². The van der Waals surface area contributed by atoms with E-state index in [0.29, 0.717) is 13.2 Å². The molecular formula is C18H33IN4O2S. The first kappa shape index (κ1) is 23.6. The first-order valence-corrected chi connectivity index (χ1v) is 10.1. The van der Waals surface area contributed by atoms with Gasteiger partial charge in [-0.3, -0.25) is 4.99 Å². The molecule has 0 saturated carbocycles. The van der Waals surface area contributed by atoms with Crippen LogP contribution in [0.4, 0.5) is 0 Å². The summed E-state index contributed by atoms with van der Waals surface area (Å²) in [6.45, 7) is 3.81. The van der Waals surface area contributed by atoms with Gasteiger partial charge < -0.3 is 20.1 Å². The smallest absolute Gasteiger partial charge is 0.190 e. The van der Waals surface area contributed by atoms with Crippen LogP contribution < -0.4 is 10.6 Å². The Hall–Kier alpha value is -0.450. The average Bonchev–Trinajstić information content (AvgIpc) is 3.05. The van der Waals surface area contributed by atoms with Crippen LogP contribution in [0.1, 0.15) is 41.3 Å². The van der Waals surface area contributed by atoms with E-state index in [-0.39, 0.29) is 24.0 Å². The maximum atomic E-state index is 5.44. The summed E-state index contributed by atoms with van der Waals surface area (Å²) >= 11 is 1.92. The molecule has 6 nitrogen and oxygen atoms in total. The summed E-state index contributed by atoms with van der Waals surface area (Å²) in [5.41, 5.74) is 1.37. The highest BCUT2D eigenvalue weighted by molar-refractivity contribution is 14.0. The molecule has 2 N–H and O–H groups in total. The number of hydrogen-bond donors (Lipinski definition) is 2. The molecule has 1 aliphatic rings. The van der Waals surface area contributed by atoms with Gasteiger partial charge in [0.25, 0.3) is 0 Å². The quantitative estimate of drug-likeness (QED) is 0.214. The SMILES string of the molecule is CN=C(NCCCOCCOC)NCCCc1nc2c(s1)CCCC2.I. The maximum Gasteiger partial charge on any atom is 0.190 e. The highest BCUT2D eigenvalue weighted by Gasteiger charge is 2.14. The number of methoxy groups -OCH3 is 1. The number of guanidine groups is 1. The minimum absolute atomic E-state index is 0. The van der Waals surface area contributed by atoms with Crippen molar-refractivity contribution in [1.29, 1.82) is 0 Å². The molecule has 150 valence electrons. The number of aryl methyl sites for hydroxylation is 3. The molecule has 0 radical (unpaired) electrons. The zero-order valence-electron chi connectivity index (χ0n) is 16.0. The summed E-state index contributed by atoms with van der Waals surface area (Å²) in [6.07, 6.45) is 8.12. The van der Waals surface area contributed by atoms with Crippen molar-refractivity contribution in [3.05, 3.63) is 15.6 Å². The monoisotopic (exact) mass is 496 g/mol. The topological polar surface area (TPSA) is 67.8 Å². The van der Waals surface area contributed by atoms with Crippen LogP contribution in [-0.4, -0.2) is 58.0 Å². The lowest BCUT2D eigenvalue weighted by Crippen LogP contribution is -2.38. The van der Waals surface area contributed by atoms with Crippen LogP contribution in [-0.2, 0) is 28.7 Å². The van der Waals surface area contributed by atoms with Crippen molar-refractivity contribution in [2.24, 2.45) is 4.99 Å². The molecule has 0 fully saturated rings. The van der Waals surface area contributed by atoms with E-state index < -0.39 is 0 Å². The molecule has 0 aliphatic heterocycles. The van der Waals surface area contributed by atoms with Crippen molar-refractivity contribution in [2.75, 3.05) is 47.1 Å². The molecule has 0 amide bonds. The Bertz CT molecular complexity index is 502. The normalized spacial score (nSPS) is 13.8. The van der Waals surface area contributed by atoms with Crippen LogP contribution in [0.15, 0.2) is 4.99 Å². The second-order valence-electron chi connectivity index (χ2n) is 6.17. The Morgan fingerprint density at radius 1 is 1.12 bits per heavy atom. The third-order valence-electron chi connectivity index (χ3n) is 4.16. The summed E-state index contributed by atoms with van der Waals surface area (Å²) in [7, 11) is 3.49. The standard InChI is InChI=1S/C18H32N4O2S.HI/c1-19-18(21-11-6-12-24-14-13-23-2)20-10-5-9-17-22-15-7-3-4-8-16(15)25-17;/h3-14H2,1-2H3,(H2,19,20,21);1H. The fourth-order valence-corrected chi connectivity index (χ4v) is 4.00. The lowest BCUT2D eigenvalue weighted by Gasteiger charge is -2.11. The Morgan fingerprint density at radius 2 is 1.88 bits per heavy atom. The third kappa shape index (κ3) is 8.96. The highest BCUT2D eigenvalue weighted by atomic mass is 127. The predicted octanol–water partition coefficient (Wildman–Crippen LogP) is 2.79. The fourth-order valence-electron chi connectivity index (χ4n) is 2.80. The number of thiazole rings is 1. The molecule has 0 aromatic carbocycles. The van der Waals surface area contributed by atoms with Crippen molar-refractivity contribution in [3.8, 4) is 0 Å². The molecule has 1 aromatic rings. The van der Waals surface area contributed by atoms with Crippen molar-refractivity contribution < 1.29 is 9.47 Å². The number of aromatic nitrogens is 1. The van der Waals surface area contributed by atoms with Gasteiger partial charge in [-0.15, -0.1) is 35.3 Å². The van der Waals surface area contributed by atoms with E-state index in [1.165, 1.54) is 41.3 Å². The van der Waals surface area contributed by atoms with Crippen molar-refractivity contribution in [1.82, 2.24) is 15.6 Å². The largest absolute Gasteiger partial charge is 0.382 e. The van der Waals surface area contributed by atoms with Gasteiger partial charge in [0.05, 0.1) is 23.9 Å². The second-order valence-corrected chi connectivity index (χ2v) is 7.34. The molecular weight excluding hydrogens is 463 g/mol. The Labute approximate surface area is 178 Å². The maximum absolute atomic E-state index is 5.44. The number of aliphatic imine (C=N–C) groups is 1. The molecule has 0 atom stereocenters. The van der Waals surface area contributed by atoms with Gasteiger partial charge in [-0.05, 0) is 38.5 Å². The van der Waals surface area contributed by atoms with Gasteiger partial charge in [-0.2, -0.15) is 0 Å². The summed E-state index contributed by atoms with van der Waals surface area (Å²) < 4.78 is 10.4. The Balaban J connectivity index is 0.00000338. The van der Waals surface area contributed by atoms with E-state index in [1.54, 1.807) is 14.2 Å². The number of hydrogen-bond acceptors (Lipinski definition) is 5. The lowest BCUT2D eigenvalue weighted by atomic mass is 10.0. The Kier molecular flexibility index (Phi) is 13.2. The summed E-state index contributed by atoms with van der Waals surface area (Å²) in [5, 5.41) is 7.98. The van der Waals surface area contributed by atoms with Gasteiger partial charge in [0.1, 0.15) is 0 Å². The first-order valence-electron chi connectivity index (χ1n) is 9.32. The molecule has 1 aliphatic carbocycles. The number of ether oxygens (including phenoxy) is 2. The molecule has 26 heavy (non-hydrogen) atoms. The summed E-state index contributed by atoms with van der Waals surface area (Å²) in [6, 6.07) is 0. The van der Waals surface area contributed by atoms with Gasteiger partial charge in [-0.1, -0.05) is 0 Å². The average molecular weight is 496 g/mol. The Morgan fingerprint density at radius 3 is 2.62 bits per heavy atom. The molecule has 0 saturated heterocycles. The van der Waals surface area contributed by atoms with Crippen LogP contribution in [0.2, 0.25) is 0 Å². The molecule has 0 spiro atoms. The summed E-state index contributed by atoms with van der Waals surface area (Å²) in [4.78, 5) is 10.6.